The molecule has 0 fully saturated rings. The third kappa shape index (κ3) is 4.94. The Hall–Kier alpha value is -3.16. The fourth-order valence-electron chi connectivity index (χ4n) is 3.68. The van der Waals surface area contributed by atoms with Crippen LogP contribution < -0.4 is 11.1 Å². The van der Waals surface area contributed by atoms with Gasteiger partial charge in [-0.3, -0.25) is 9.59 Å². The summed E-state index contributed by atoms with van der Waals surface area (Å²) in [5.74, 6) is -0.732. The van der Waals surface area contributed by atoms with Crippen LogP contribution in [0, 0.1) is 13.8 Å². The molecule has 0 aliphatic rings. The van der Waals surface area contributed by atoms with Crippen molar-refractivity contribution < 1.29 is 9.59 Å². The molecule has 0 aliphatic carbocycles. The molecule has 33 heavy (non-hydrogen) atoms. The second-order valence-electron chi connectivity index (χ2n) is 7.88. The van der Waals surface area contributed by atoms with Crippen LogP contribution in [0.1, 0.15) is 34.8 Å². The van der Waals surface area contributed by atoms with Gasteiger partial charge in [0, 0.05) is 16.3 Å². The first-order valence-corrected chi connectivity index (χ1v) is 12.5. The van der Waals surface area contributed by atoms with Gasteiger partial charge in [0.05, 0.1) is 21.4 Å². The van der Waals surface area contributed by atoms with Crippen molar-refractivity contribution in [3.8, 4) is 11.1 Å². The zero-order chi connectivity index (χ0) is 23.5. The Morgan fingerprint density at radius 2 is 1.85 bits per heavy atom. The predicted molar refractivity (Wildman–Crippen MR) is 138 cm³/mol. The zero-order valence-corrected chi connectivity index (χ0v) is 20.3. The van der Waals surface area contributed by atoms with Crippen LogP contribution in [-0.4, -0.2) is 22.0 Å². The fourth-order valence-corrected chi connectivity index (χ4v) is 5.68. The average molecular weight is 476 g/mol. The Morgan fingerprint density at radius 1 is 1.12 bits per heavy atom. The first-order chi connectivity index (χ1) is 15.9. The number of carbonyl (C=O) groups excluding carboxylic acids is 2. The van der Waals surface area contributed by atoms with Crippen molar-refractivity contribution >= 4 is 50.8 Å². The van der Waals surface area contributed by atoms with Gasteiger partial charge in [0.1, 0.15) is 5.00 Å². The van der Waals surface area contributed by atoms with Gasteiger partial charge in [-0.05, 0) is 43.5 Å². The van der Waals surface area contributed by atoms with Gasteiger partial charge in [0.25, 0.3) is 5.91 Å². The number of fused-ring (bicyclic) bond motifs is 1. The first-order valence-electron chi connectivity index (χ1n) is 10.7. The van der Waals surface area contributed by atoms with Gasteiger partial charge >= 0.3 is 0 Å². The minimum atomic E-state index is -0.561. The Bertz CT molecular complexity index is 1330. The van der Waals surface area contributed by atoms with Gasteiger partial charge in [-0.25, -0.2) is 4.98 Å². The summed E-state index contributed by atoms with van der Waals surface area (Å²) in [5.41, 5.74) is 10.8. The molecule has 2 heterocycles. The fraction of sp³-hybridized carbons (Fsp3) is 0.192. The van der Waals surface area contributed by atoms with Crippen LogP contribution in [0.3, 0.4) is 0 Å². The Balaban J connectivity index is 1.58. The summed E-state index contributed by atoms with van der Waals surface area (Å²) in [6, 6.07) is 17.9. The van der Waals surface area contributed by atoms with E-state index in [1.807, 2.05) is 80.7 Å². The first kappa shape index (κ1) is 23.0. The van der Waals surface area contributed by atoms with Crippen LogP contribution >= 0.6 is 23.1 Å². The molecule has 2 aromatic carbocycles. The molecule has 3 N–H and O–H groups in total. The van der Waals surface area contributed by atoms with Crippen LogP contribution in [0.25, 0.3) is 22.0 Å². The summed E-state index contributed by atoms with van der Waals surface area (Å²) >= 11 is 2.74. The van der Waals surface area contributed by atoms with Crippen molar-refractivity contribution in [3.63, 3.8) is 0 Å². The number of thioether (sulfide) groups is 1. The SMILES string of the molecule is CCC(Sc1cc(C)c2ccccc2n1)C(=O)Nc1scc(-c2ccc(C)cc2)c1C(N)=O. The van der Waals surface area contributed by atoms with Crippen LogP contribution in [0.5, 0.6) is 0 Å². The minimum Gasteiger partial charge on any atom is -0.365 e. The predicted octanol–water partition coefficient (Wildman–Crippen LogP) is 6.19. The van der Waals surface area contributed by atoms with Gasteiger partial charge in [0.2, 0.25) is 5.91 Å². The van der Waals surface area contributed by atoms with Crippen LogP contribution in [-0.2, 0) is 4.79 Å². The Kier molecular flexibility index (Phi) is 6.81. The number of anilines is 1. The molecular formula is C26H25N3O2S2. The van der Waals surface area contributed by atoms with Crippen LogP contribution in [0.15, 0.2) is 65.0 Å². The number of rotatable bonds is 7. The number of para-hydroxylation sites is 1. The Morgan fingerprint density at radius 3 is 2.55 bits per heavy atom. The molecule has 168 valence electrons. The number of amides is 2. The summed E-state index contributed by atoms with van der Waals surface area (Å²) in [7, 11) is 0. The molecular weight excluding hydrogens is 450 g/mol. The third-order valence-corrected chi connectivity index (χ3v) is 7.64. The molecule has 0 saturated carbocycles. The second-order valence-corrected chi connectivity index (χ2v) is 9.98. The van der Waals surface area contributed by atoms with E-state index in [1.54, 1.807) is 0 Å². The topological polar surface area (TPSA) is 85.1 Å². The number of aryl methyl sites for hydroxylation is 2. The highest BCUT2D eigenvalue weighted by Crippen LogP contribution is 2.36. The molecule has 2 aromatic heterocycles. The van der Waals surface area contributed by atoms with Crippen molar-refractivity contribution in [2.24, 2.45) is 5.73 Å². The molecule has 0 saturated heterocycles. The maximum atomic E-state index is 13.2. The molecule has 0 aliphatic heterocycles. The number of hydrogen-bond acceptors (Lipinski definition) is 5. The van der Waals surface area contributed by atoms with Crippen LogP contribution in [0.4, 0.5) is 5.00 Å². The van der Waals surface area contributed by atoms with E-state index in [2.05, 4.69) is 5.32 Å². The molecule has 1 atom stereocenters. The number of nitrogens with zero attached hydrogens (tertiary/aromatic N) is 1. The van der Waals surface area contributed by atoms with Crippen molar-refractivity contribution in [3.05, 3.63) is 76.7 Å². The summed E-state index contributed by atoms with van der Waals surface area (Å²) in [6.45, 7) is 6.02. The molecule has 4 rings (SSSR count). The van der Waals surface area contributed by atoms with E-state index in [9.17, 15) is 9.59 Å². The van der Waals surface area contributed by atoms with Gasteiger partial charge in [0.15, 0.2) is 0 Å². The van der Waals surface area contributed by atoms with E-state index < -0.39 is 5.91 Å². The molecule has 2 amide bonds. The van der Waals surface area contributed by atoms with Gasteiger partial charge in [-0.2, -0.15) is 0 Å². The molecule has 0 bridgehead atoms. The largest absolute Gasteiger partial charge is 0.365 e. The van der Waals surface area contributed by atoms with Gasteiger partial charge in [-0.1, -0.05) is 66.7 Å². The summed E-state index contributed by atoms with van der Waals surface area (Å²) in [5, 5.41) is 6.83. The number of primary amides is 1. The van der Waals surface area contributed by atoms with Crippen molar-refractivity contribution in [1.82, 2.24) is 4.98 Å². The molecule has 5 nitrogen and oxygen atoms in total. The monoisotopic (exact) mass is 475 g/mol. The van der Waals surface area contributed by atoms with E-state index in [-0.39, 0.29) is 11.2 Å². The van der Waals surface area contributed by atoms with Crippen molar-refractivity contribution in [2.75, 3.05) is 5.32 Å². The van der Waals surface area contributed by atoms with Gasteiger partial charge in [-0.15, -0.1) is 11.3 Å². The average Bonchev–Trinajstić information content (AvgIpc) is 3.21. The third-order valence-electron chi connectivity index (χ3n) is 5.46. The second kappa shape index (κ2) is 9.77. The zero-order valence-electron chi connectivity index (χ0n) is 18.7. The summed E-state index contributed by atoms with van der Waals surface area (Å²) in [6.07, 6.45) is 0.617. The summed E-state index contributed by atoms with van der Waals surface area (Å²) < 4.78 is 0. The Labute approximate surface area is 201 Å². The maximum Gasteiger partial charge on any atom is 0.252 e. The van der Waals surface area contributed by atoms with Crippen molar-refractivity contribution in [2.45, 2.75) is 37.5 Å². The van der Waals surface area contributed by atoms with Gasteiger partial charge < -0.3 is 11.1 Å². The molecule has 7 heteroatoms. The number of thiophene rings is 1. The number of hydrogen-bond donors (Lipinski definition) is 2. The van der Waals surface area contributed by atoms with Crippen LogP contribution in [0.2, 0.25) is 0 Å². The smallest absolute Gasteiger partial charge is 0.252 e. The number of nitrogens with two attached hydrogens (primary N) is 1. The lowest BCUT2D eigenvalue weighted by Crippen LogP contribution is -2.25. The normalized spacial score (nSPS) is 12.0. The number of aromatic nitrogens is 1. The molecule has 0 radical (unpaired) electrons. The molecule has 1 unspecified atom stereocenters. The lowest BCUT2D eigenvalue weighted by atomic mass is 10.0. The quantitative estimate of drug-likeness (QED) is 0.312. The minimum absolute atomic E-state index is 0.171. The maximum absolute atomic E-state index is 13.2. The number of benzene rings is 2. The molecule has 0 spiro atoms. The van der Waals surface area contributed by atoms with E-state index in [1.165, 1.54) is 23.1 Å². The van der Waals surface area contributed by atoms with E-state index >= 15 is 0 Å². The number of nitrogens with one attached hydrogen (secondary N) is 1. The van der Waals surface area contributed by atoms with E-state index in [0.717, 1.165) is 38.2 Å². The lowest BCUT2D eigenvalue weighted by molar-refractivity contribution is -0.115. The standard InChI is InChI=1S/C26H25N3O2S2/c1-4-21(33-22-13-16(3)18-7-5-6-8-20(18)28-22)25(31)29-26-23(24(27)30)19(14-32-26)17-11-9-15(2)10-12-17/h5-14,21H,4H2,1-3H3,(H2,27,30)(H,29,31). The summed E-state index contributed by atoms with van der Waals surface area (Å²) in [4.78, 5) is 30.2. The highest BCUT2D eigenvalue weighted by molar-refractivity contribution is 8.00. The van der Waals surface area contributed by atoms with E-state index in [0.29, 0.717) is 17.0 Å². The van der Waals surface area contributed by atoms with E-state index in [4.69, 9.17) is 10.7 Å². The van der Waals surface area contributed by atoms with Crippen molar-refractivity contribution in [1.29, 1.82) is 0 Å². The highest BCUT2D eigenvalue weighted by Gasteiger charge is 2.24. The lowest BCUT2D eigenvalue weighted by Gasteiger charge is -2.15. The molecule has 4 aromatic rings. The number of carbonyl (C=O) groups is 2. The number of pyridine rings is 1. The highest BCUT2D eigenvalue weighted by atomic mass is 32.2.